The van der Waals surface area contributed by atoms with Crippen LogP contribution in [0.1, 0.15) is 46.0 Å². The van der Waals surface area contributed by atoms with Crippen molar-refractivity contribution in [3.8, 4) is 0 Å². The Labute approximate surface area is 93.9 Å². The van der Waals surface area contributed by atoms with Crippen molar-refractivity contribution < 1.29 is 4.90 Å². The highest BCUT2D eigenvalue weighted by atomic mass is 15.1. The highest BCUT2D eigenvalue weighted by Crippen LogP contribution is 2.01. The number of hydrogen-bond acceptors (Lipinski definition) is 1. The average Bonchev–Trinajstić information content (AvgIpc) is 2.70. The van der Waals surface area contributed by atoms with Gasteiger partial charge in [-0.1, -0.05) is 20.3 Å². The molecule has 0 aromatic heterocycles. The van der Waals surface area contributed by atoms with Crippen LogP contribution in [0.5, 0.6) is 0 Å². The van der Waals surface area contributed by atoms with E-state index in [0.29, 0.717) is 0 Å². The van der Waals surface area contributed by atoms with E-state index in [1.807, 2.05) is 0 Å². The SMILES string of the molecule is CCCCC[NH+]1C=CC=C1CCC.[C-]#N. The third-order valence-electron chi connectivity index (χ3n) is 2.58. The van der Waals surface area contributed by atoms with Crippen LogP contribution in [0.25, 0.3) is 0 Å². The molecule has 0 saturated carbocycles. The zero-order valence-electron chi connectivity index (χ0n) is 9.92. The number of unbranched alkanes of at least 4 members (excludes halogenated alkanes) is 2. The van der Waals surface area contributed by atoms with Gasteiger partial charge in [0, 0.05) is 12.5 Å². The van der Waals surface area contributed by atoms with E-state index in [1.54, 1.807) is 10.6 Å². The van der Waals surface area contributed by atoms with Gasteiger partial charge in [-0.3, -0.25) is 4.90 Å². The molecule has 1 aliphatic rings. The minimum absolute atomic E-state index is 1.26. The Morgan fingerprint density at radius 3 is 2.53 bits per heavy atom. The second-order valence-corrected chi connectivity index (χ2v) is 3.78. The number of quaternary nitrogens is 1. The second kappa shape index (κ2) is 9.48. The first kappa shape index (κ1) is 13.9. The Morgan fingerprint density at radius 2 is 1.93 bits per heavy atom. The number of nitrogens with zero attached hydrogens (tertiary/aromatic N) is 1. The topological polar surface area (TPSA) is 28.2 Å². The van der Waals surface area contributed by atoms with Gasteiger partial charge in [0.05, 0.1) is 12.7 Å². The molecule has 2 heteroatoms. The van der Waals surface area contributed by atoms with Crippen LogP contribution in [-0.2, 0) is 0 Å². The van der Waals surface area contributed by atoms with Crippen molar-refractivity contribution in [2.45, 2.75) is 46.0 Å². The molecule has 15 heavy (non-hydrogen) atoms. The lowest BCUT2D eigenvalue weighted by Gasteiger charge is -2.13. The van der Waals surface area contributed by atoms with Crippen molar-refractivity contribution in [2.75, 3.05) is 6.54 Å². The maximum Gasteiger partial charge on any atom is 0.112 e. The standard InChI is InChI=1S/C12H21N.CN/c1-3-5-6-10-13-11-7-9-12(13)8-4-2;1-2/h7,9,11H,3-6,8,10H2,1-2H3;/q;-1/p+1. The Balaban J connectivity index is 0.000000921. The summed E-state index contributed by atoms with van der Waals surface area (Å²) in [5.41, 5.74) is 1.58. The molecule has 0 bridgehead atoms. The van der Waals surface area contributed by atoms with Gasteiger partial charge >= 0.3 is 0 Å². The summed E-state index contributed by atoms with van der Waals surface area (Å²) in [6.07, 6.45) is 13.4. The van der Waals surface area contributed by atoms with Gasteiger partial charge in [0.2, 0.25) is 0 Å². The first-order valence-corrected chi connectivity index (χ1v) is 5.84. The molecule has 0 radical (unpaired) electrons. The third kappa shape index (κ3) is 5.39. The highest BCUT2D eigenvalue weighted by Gasteiger charge is 2.14. The van der Waals surface area contributed by atoms with Crippen molar-refractivity contribution in [3.63, 3.8) is 0 Å². The molecule has 84 valence electrons. The predicted molar refractivity (Wildman–Crippen MR) is 62.5 cm³/mol. The fourth-order valence-electron chi connectivity index (χ4n) is 1.82. The average molecular weight is 206 g/mol. The summed E-state index contributed by atoms with van der Waals surface area (Å²) in [5.74, 6) is 0. The molecule has 1 rings (SSSR count). The third-order valence-corrected chi connectivity index (χ3v) is 2.58. The largest absolute Gasteiger partial charge is 0.512 e. The van der Waals surface area contributed by atoms with Crippen molar-refractivity contribution >= 4 is 0 Å². The summed E-state index contributed by atoms with van der Waals surface area (Å²) in [5, 5.41) is 6.25. The minimum atomic E-state index is 1.26. The van der Waals surface area contributed by atoms with Crippen molar-refractivity contribution in [2.24, 2.45) is 0 Å². The molecular weight excluding hydrogens is 184 g/mol. The smallest absolute Gasteiger partial charge is 0.112 e. The summed E-state index contributed by atoms with van der Waals surface area (Å²) >= 11 is 0. The fraction of sp³-hybridized carbons (Fsp3) is 0.615. The predicted octanol–water partition coefficient (Wildman–Crippen LogP) is 2.37. The fourth-order valence-corrected chi connectivity index (χ4v) is 1.82. The molecule has 0 fully saturated rings. The zero-order valence-corrected chi connectivity index (χ0v) is 9.92. The zero-order chi connectivity index (χ0) is 11.5. The Kier molecular flexibility index (Phi) is 8.81. The van der Waals surface area contributed by atoms with E-state index in [4.69, 9.17) is 11.8 Å². The van der Waals surface area contributed by atoms with Gasteiger partial charge in [-0.25, -0.2) is 0 Å². The monoisotopic (exact) mass is 206 g/mol. The molecule has 1 N–H and O–H groups in total. The summed E-state index contributed by atoms with van der Waals surface area (Å²) in [7, 11) is 0. The molecule has 2 nitrogen and oxygen atoms in total. The maximum absolute atomic E-state index is 6.25. The van der Waals surface area contributed by atoms with Gasteiger partial charge in [0.15, 0.2) is 0 Å². The van der Waals surface area contributed by atoms with E-state index >= 15 is 0 Å². The number of rotatable bonds is 6. The molecule has 1 heterocycles. The Morgan fingerprint density at radius 1 is 1.20 bits per heavy atom. The van der Waals surface area contributed by atoms with Crippen molar-refractivity contribution in [1.82, 2.24) is 0 Å². The molecule has 1 unspecified atom stereocenters. The summed E-state index contributed by atoms with van der Waals surface area (Å²) in [6.45, 7) is 10.6. The molecule has 0 saturated heterocycles. The summed E-state index contributed by atoms with van der Waals surface area (Å²) in [4.78, 5) is 1.59. The normalized spacial score (nSPS) is 18.1. The second-order valence-electron chi connectivity index (χ2n) is 3.78. The lowest BCUT2D eigenvalue weighted by Crippen LogP contribution is -3.04. The van der Waals surface area contributed by atoms with Crippen LogP contribution >= 0.6 is 0 Å². The molecule has 0 spiro atoms. The van der Waals surface area contributed by atoms with E-state index in [-0.39, 0.29) is 0 Å². The van der Waals surface area contributed by atoms with Crippen LogP contribution in [0, 0.1) is 11.8 Å². The molecule has 0 amide bonds. The quantitative estimate of drug-likeness (QED) is 0.524. The van der Waals surface area contributed by atoms with Crippen molar-refractivity contribution in [1.29, 1.82) is 5.26 Å². The number of hydrogen-bond donors (Lipinski definition) is 1. The van der Waals surface area contributed by atoms with E-state index in [2.05, 4.69) is 32.2 Å². The molecule has 0 aromatic rings. The van der Waals surface area contributed by atoms with E-state index < -0.39 is 0 Å². The Bertz CT molecular complexity index is 226. The first-order valence-electron chi connectivity index (χ1n) is 5.84. The lowest BCUT2D eigenvalue weighted by atomic mass is 10.2. The van der Waals surface area contributed by atoms with E-state index in [1.165, 1.54) is 38.6 Å². The van der Waals surface area contributed by atoms with Crippen LogP contribution in [-0.4, -0.2) is 6.54 Å². The first-order chi connectivity index (χ1) is 7.38. The van der Waals surface area contributed by atoms with Gasteiger partial charge < -0.3 is 11.8 Å². The minimum Gasteiger partial charge on any atom is -0.512 e. The van der Waals surface area contributed by atoms with Crippen LogP contribution in [0.4, 0.5) is 0 Å². The molecule has 0 aromatic carbocycles. The van der Waals surface area contributed by atoms with Crippen LogP contribution in [0.15, 0.2) is 24.0 Å². The van der Waals surface area contributed by atoms with Gasteiger partial charge in [-0.15, -0.1) is 0 Å². The number of nitrogens with one attached hydrogen (secondary N) is 1. The Hall–Kier alpha value is -1.07. The summed E-state index contributed by atoms with van der Waals surface area (Å²) < 4.78 is 0. The van der Waals surface area contributed by atoms with E-state index in [0.717, 1.165) is 0 Å². The number of allylic oxidation sites excluding steroid dienone is 3. The lowest BCUT2D eigenvalue weighted by molar-refractivity contribution is -0.804. The highest BCUT2D eigenvalue weighted by molar-refractivity contribution is 5.10. The van der Waals surface area contributed by atoms with Gasteiger partial charge in [-0.05, 0) is 25.3 Å². The van der Waals surface area contributed by atoms with Crippen molar-refractivity contribution in [3.05, 3.63) is 30.6 Å². The molecule has 0 aliphatic carbocycles. The molecular formula is C13H22N2. The van der Waals surface area contributed by atoms with Crippen LogP contribution in [0.2, 0.25) is 0 Å². The van der Waals surface area contributed by atoms with Gasteiger partial charge in [0.25, 0.3) is 0 Å². The van der Waals surface area contributed by atoms with Crippen LogP contribution < -0.4 is 4.90 Å². The van der Waals surface area contributed by atoms with E-state index in [9.17, 15) is 0 Å². The summed E-state index contributed by atoms with van der Waals surface area (Å²) in [6, 6.07) is 0. The van der Waals surface area contributed by atoms with Gasteiger partial charge in [0.1, 0.15) is 5.70 Å². The van der Waals surface area contributed by atoms with Crippen LogP contribution in [0.3, 0.4) is 0 Å². The maximum atomic E-state index is 6.25. The molecule has 1 aliphatic heterocycles. The molecule has 1 atom stereocenters. The van der Waals surface area contributed by atoms with Gasteiger partial charge in [-0.2, -0.15) is 0 Å².